The zero-order valence-electron chi connectivity index (χ0n) is 15.7. The summed E-state index contributed by atoms with van der Waals surface area (Å²) in [6, 6.07) is 16.2. The number of hydrogen-bond donors (Lipinski definition) is 2. The van der Waals surface area contributed by atoms with Crippen molar-refractivity contribution < 1.29 is 9.13 Å². The second kappa shape index (κ2) is 8.22. The Morgan fingerprint density at radius 1 is 0.964 bits per heavy atom. The number of para-hydroxylation sites is 2. The Morgan fingerprint density at radius 3 is 2.61 bits per heavy atom. The van der Waals surface area contributed by atoms with Crippen LogP contribution in [0.25, 0.3) is 0 Å². The highest BCUT2D eigenvalue weighted by molar-refractivity contribution is 5.74. The van der Waals surface area contributed by atoms with Crippen LogP contribution in [0.15, 0.2) is 54.6 Å². The van der Waals surface area contributed by atoms with E-state index in [9.17, 15) is 4.39 Å². The van der Waals surface area contributed by atoms with E-state index in [-0.39, 0.29) is 5.82 Å². The smallest absolute Gasteiger partial charge is 0.229 e. The monoisotopic (exact) mass is 379 g/mol. The lowest BCUT2D eigenvalue weighted by Gasteiger charge is -2.30. The first-order valence-electron chi connectivity index (χ1n) is 9.24. The fourth-order valence-electron chi connectivity index (χ4n) is 3.18. The van der Waals surface area contributed by atoms with Gasteiger partial charge in [0.15, 0.2) is 0 Å². The molecule has 28 heavy (non-hydrogen) atoms. The lowest BCUT2D eigenvalue weighted by molar-refractivity contribution is 0.123. The van der Waals surface area contributed by atoms with Crippen LogP contribution in [0.5, 0.6) is 0 Å². The summed E-state index contributed by atoms with van der Waals surface area (Å²) in [5.41, 5.74) is 3.49. The number of morpholine rings is 1. The Labute approximate surface area is 163 Å². The maximum Gasteiger partial charge on any atom is 0.229 e. The van der Waals surface area contributed by atoms with Crippen molar-refractivity contribution in [2.45, 2.75) is 6.92 Å². The number of nitrogens with zero attached hydrogens (tertiary/aromatic N) is 3. The van der Waals surface area contributed by atoms with Crippen molar-refractivity contribution in [2.75, 3.05) is 41.8 Å². The largest absolute Gasteiger partial charge is 0.378 e. The van der Waals surface area contributed by atoms with E-state index in [0.29, 0.717) is 17.5 Å². The molecule has 2 heterocycles. The molecule has 1 aliphatic rings. The van der Waals surface area contributed by atoms with Crippen LogP contribution in [0, 0.1) is 12.7 Å². The number of nitrogens with one attached hydrogen (secondary N) is 2. The van der Waals surface area contributed by atoms with Crippen LogP contribution in [0.4, 0.5) is 33.2 Å². The maximum absolute atomic E-state index is 13.4. The third-order valence-corrected chi connectivity index (χ3v) is 4.45. The van der Waals surface area contributed by atoms with E-state index in [4.69, 9.17) is 4.74 Å². The van der Waals surface area contributed by atoms with Crippen molar-refractivity contribution in [1.29, 1.82) is 0 Å². The van der Waals surface area contributed by atoms with Crippen LogP contribution >= 0.6 is 0 Å². The van der Waals surface area contributed by atoms with Crippen molar-refractivity contribution in [3.8, 4) is 0 Å². The van der Waals surface area contributed by atoms with Crippen LogP contribution in [-0.4, -0.2) is 36.3 Å². The molecule has 6 nitrogen and oxygen atoms in total. The van der Waals surface area contributed by atoms with Crippen molar-refractivity contribution in [3.05, 3.63) is 66.1 Å². The molecule has 2 N–H and O–H groups in total. The second-order valence-electron chi connectivity index (χ2n) is 6.60. The van der Waals surface area contributed by atoms with Gasteiger partial charge in [-0.2, -0.15) is 4.98 Å². The molecule has 0 radical (unpaired) electrons. The zero-order valence-corrected chi connectivity index (χ0v) is 15.7. The molecule has 0 spiro atoms. The number of anilines is 5. The second-order valence-corrected chi connectivity index (χ2v) is 6.60. The molecular formula is C21H22FN5O. The molecule has 0 atom stereocenters. The zero-order chi connectivity index (χ0) is 19.3. The number of ether oxygens (including phenoxy) is 1. The third kappa shape index (κ3) is 4.37. The van der Waals surface area contributed by atoms with Crippen molar-refractivity contribution in [2.24, 2.45) is 0 Å². The Bertz CT molecular complexity index is 959. The van der Waals surface area contributed by atoms with Gasteiger partial charge in [0.1, 0.15) is 11.6 Å². The number of halogens is 1. The van der Waals surface area contributed by atoms with Gasteiger partial charge in [0.25, 0.3) is 0 Å². The molecule has 2 aromatic carbocycles. The third-order valence-electron chi connectivity index (χ3n) is 4.45. The predicted octanol–water partition coefficient (Wildman–Crippen LogP) is 4.25. The van der Waals surface area contributed by atoms with Crippen LogP contribution in [0.1, 0.15) is 5.69 Å². The topological polar surface area (TPSA) is 62.3 Å². The maximum atomic E-state index is 13.4. The highest BCUT2D eigenvalue weighted by atomic mass is 19.1. The average molecular weight is 379 g/mol. The van der Waals surface area contributed by atoms with Gasteiger partial charge in [0.05, 0.1) is 24.6 Å². The molecule has 4 rings (SSSR count). The van der Waals surface area contributed by atoms with Crippen LogP contribution in [0.3, 0.4) is 0 Å². The minimum absolute atomic E-state index is 0.310. The molecule has 0 unspecified atom stereocenters. The van der Waals surface area contributed by atoms with E-state index in [2.05, 4.69) is 31.6 Å². The molecule has 0 aliphatic carbocycles. The minimum atomic E-state index is -0.310. The molecule has 1 fully saturated rings. The summed E-state index contributed by atoms with van der Waals surface area (Å²) in [5, 5.41) is 6.46. The van der Waals surface area contributed by atoms with Gasteiger partial charge >= 0.3 is 0 Å². The SMILES string of the molecule is Cc1cc(Nc2ccccc2N2CCOCC2)nc(Nc2cccc(F)c2)n1. The van der Waals surface area contributed by atoms with Gasteiger partial charge in [-0.1, -0.05) is 18.2 Å². The van der Waals surface area contributed by atoms with E-state index < -0.39 is 0 Å². The molecule has 1 aliphatic heterocycles. The Kier molecular flexibility index (Phi) is 5.34. The lowest BCUT2D eigenvalue weighted by Crippen LogP contribution is -2.36. The summed E-state index contributed by atoms with van der Waals surface area (Å²) in [5.74, 6) is 0.777. The summed E-state index contributed by atoms with van der Waals surface area (Å²) in [7, 11) is 0. The minimum Gasteiger partial charge on any atom is -0.378 e. The highest BCUT2D eigenvalue weighted by Crippen LogP contribution is 2.29. The molecule has 1 saturated heterocycles. The Hall–Kier alpha value is -3.19. The average Bonchev–Trinajstić information content (AvgIpc) is 2.69. The van der Waals surface area contributed by atoms with Crippen LogP contribution in [-0.2, 0) is 4.74 Å². The standard InChI is InChI=1S/C21H22FN5O/c1-15-13-20(26-21(23-15)24-17-6-4-5-16(22)14-17)25-18-7-2-3-8-19(18)27-9-11-28-12-10-27/h2-8,13-14H,9-12H2,1H3,(H2,23,24,25,26). The number of hydrogen-bond acceptors (Lipinski definition) is 6. The highest BCUT2D eigenvalue weighted by Gasteiger charge is 2.15. The van der Waals surface area contributed by atoms with Gasteiger partial charge in [-0.05, 0) is 37.3 Å². The fourth-order valence-corrected chi connectivity index (χ4v) is 3.18. The van der Waals surface area contributed by atoms with Gasteiger partial charge in [-0.15, -0.1) is 0 Å². The molecule has 1 aromatic heterocycles. The summed E-state index contributed by atoms with van der Waals surface area (Å²) >= 11 is 0. The fraction of sp³-hybridized carbons (Fsp3) is 0.238. The molecule has 144 valence electrons. The number of aryl methyl sites for hydroxylation is 1. The summed E-state index contributed by atoms with van der Waals surface area (Å²) in [6.07, 6.45) is 0. The van der Waals surface area contributed by atoms with E-state index in [0.717, 1.165) is 43.4 Å². The van der Waals surface area contributed by atoms with Gasteiger partial charge < -0.3 is 20.3 Å². The molecule has 0 amide bonds. The molecule has 0 saturated carbocycles. The van der Waals surface area contributed by atoms with Crippen molar-refractivity contribution in [3.63, 3.8) is 0 Å². The van der Waals surface area contributed by atoms with Gasteiger partial charge in [-0.25, -0.2) is 9.37 Å². The van der Waals surface area contributed by atoms with E-state index >= 15 is 0 Å². The predicted molar refractivity (Wildman–Crippen MR) is 109 cm³/mol. The summed E-state index contributed by atoms with van der Waals surface area (Å²) in [6.45, 7) is 5.06. The quantitative estimate of drug-likeness (QED) is 0.691. The van der Waals surface area contributed by atoms with Crippen LogP contribution < -0.4 is 15.5 Å². The van der Waals surface area contributed by atoms with Crippen molar-refractivity contribution >= 4 is 28.8 Å². The number of benzene rings is 2. The van der Waals surface area contributed by atoms with Gasteiger partial charge in [0, 0.05) is 30.5 Å². The molecular weight excluding hydrogens is 357 g/mol. The van der Waals surface area contributed by atoms with Crippen molar-refractivity contribution in [1.82, 2.24) is 9.97 Å². The Morgan fingerprint density at radius 2 is 1.79 bits per heavy atom. The Balaban J connectivity index is 1.58. The number of aromatic nitrogens is 2. The van der Waals surface area contributed by atoms with Crippen LogP contribution in [0.2, 0.25) is 0 Å². The molecule has 3 aromatic rings. The first-order valence-corrected chi connectivity index (χ1v) is 9.24. The lowest BCUT2D eigenvalue weighted by atomic mass is 10.2. The summed E-state index contributed by atoms with van der Waals surface area (Å²) in [4.78, 5) is 11.2. The van der Waals surface area contributed by atoms with E-state index in [1.807, 2.05) is 31.2 Å². The van der Waals surface area contributed by atoms with E-state index in [1.54, 1.807) is 12.1 Å². The number of rotatable bonds is 5. The molecule has 0 bridgehead atoms. The van der Waals surface area contributed by atoms with Gasteiger partial charge in [0.2, 0.25) is 5.95 Å². The van der Waals surface area contributed by atoms with E-state index in [1.165, 1.54) is 12.1 Å². The molecule has 7 heteroatoms. The summed E-state index contributed by atoms with van der Waals surface area (Å²) < 4.78 is 18.9. The first kappa shape index (κ1) is 18.2. The van der Waals surface area contributed by atoms with Gasteiger partial charge in [-0.3, -0.25) is 0 Å². The normalized spacial score (nSPS) is 14.0. The first-order chi connectivity index (χ1) is 13.7.